The van der Waals surface area contributed by atoms with Crippen LogP contribution in [0, 0.1) is 5.92 Å². The van der Waals surface area contributed by atoms with Crippen molar-refractivity contribution in [2.45, 2.75) is 25.0 Å². The largest absolute Gasteiger partial charge is 0.296 e. The Morgan fingerprint density at radius 3 is 3.22 bits per heavy atom. The first-order valence-electron chi connectivity index (χ1n) is 6.48. The van der Waals surface area contributed by atoms with Crippen molar-refractivity contribution in [1.82, 2.24) is 20.3 Å². The highest BCUT2D eigenvalue weighted by molar-refractivity contribution is 5.76. The van der Waals surface area contributed by atoms with Crippen molar-refractivity contribution in [3.05, 3.63) is 24.3 Å². The number of hydrogen-bond acceptors (Lipinski definition) is 4. The number of hydrogen-bond donors (Lipinski definition) is 1. The van der Waals surface area contributed by atoms with Gasteiger partial charge in [0.15, 0.2) is 0 Å². The van der Waals surface area contributed by atoms with Crippen molar-refractivity contribution in [3.8, 4) is 0 Å². The van der Waals surface area contributed by atoms with Crippen molar-refractivity contribution in [2.24, 2.45) is 10.9 Å². The van der Waals surface area contributed by atoms with Crippen LogP contribution in [-0.2, 0) is 0 Å². The lowest BCUT2D eigenvalue weighted by atomic mass is 9.94. The molecule has 1 aromatic carbocycles. The average molecular weight is 241 g/mol. The number of nitrogens with zero attached hydrogens (tertiary/aromatic N) is 4. The highest BCUT2D eigenvalue weighted by Gasteiger charge is 2.32. The molecule has 92 valence electrons. The maximum Gasteiger partial charge on any atom is 0.113 e. The highest BCUT2D eigenvalue weighted by atomic mass is 15.4. The van der Waals surface area contributed by atoms with Crippen LogP contribution < -0.4 is 5.32 Å². The zero-order valence-electron chi connectivity index (χ0n) is 10.0. The molecule has 2 aliphatic rings. The van der Waals surface area contributed by atoms with Gasteiger partial charge in [0, 0.05) is 6.21 Å². The number of nitrogens with one attached hydrogen (secondary N) is 1. The smallest absolute Gasteiger partial charge is 0.113 e. The SMILES string of the molecule is C1=NC2NCCC2CC1n1nnc2ccccc21. The molecule has 0 amide bonds. The summed E-state index contributed by atoms with van der Waals surface area (Å²) in [6.07, 6.45) is 4.68. The number of benzene rings is 1. The molecule has 1 fully saturated rings. The predicted octanol–water partition coefficient (Wildman–Crippen LogP) is 1.38. The van der Waals surface area contributed by atoms with E-state index < -0.39 is 0 Å². The summed E-state index contributed by atoms with van der Waals surface area (Å²) in [6, 6.07) is 8.34. The molecule has 3 atom stereocenters. The molecule has 5 nitrogen and oxygen atoms in total. The summed E-state index contributed by atoms with van der Waals surface area (Å²) < 4.78 is 2.01. The Labute approximate surface area is 105 Å². The van der Waals surface area contributed by atoms with Gasteiger partial charge in [-0.3, -0.25) is 10.3 Å². The third-order valence-corrected chi connectivity index (χ3v) is 3.97. The second kappa shape index (κ2) is 3.88. The minimum atomic E-state index is 0.249. The van der Waals surface area contributed by atoms with Gasteiger partial charge in [-0.2, -0.15) is 0 Å². The molecule has 2 aromatic rings. The molecule has 3 heterocycles. The molecular weight excluding hydrogens is 226 g/mol. The van der Waals surface area contributed by atoms with Crippen molar-refractivity contribution >= 4 is 17.2 Å². The van der Waals surface area contributed by atoms with Gasteiger partial charge in [0.2, 0.25) is 0 Å². The van der Waals surface area contributed by atoms with Gasteiger partial charge in [-0.05, 0) is 37.4 Å². The Bertz CT molecular complexity index is 602. The van der Waals surface area contributed by atoms with Crippen molar-refractivity contribution in [2.75, 3.05) is 6.54 Å². The zero-order valence-corrected chi connectivity index (χ0v) is 10.0. The summed E-state index contributed by atoms with van der Waals surface area (Å²) in [7, 11) is 0. The van der Waals surface area contributed by atoms with E-state index in [9.17, 15) is 0 Å². The van der Waals surface area contributed by atoms with Crippen LogP contribution in [0.2, 0.25) is 0 Å². The minimum absolute atomic E-state index is 0.249. The normalized spacial score (nSPS) is 30.8. The van der Waals surface area contributed by atoms with Gasteiger partial charge < -0.3 is 0 Å². The van der Waals surface area contributed by atoms with Crippen LogP contribution >= 0.6 is 0 Å². The molecule has 2 aliphatic heterocycles. The Hall–Kier alpha value is -1.75. The minimum Gasteiger partial charge on any atom is -0.296 e. The van der Waals surface area contributed by atoms with Crippen LogP contribution in [0.15, 0.2) is 29.3 Å². The van der Waals surface area contributed by atoms with E-state index >= 15 is 0 Å². The molecule has 18 heavy (non-hydrogen) atoms. The average Bonchev–Trinajstić information content (AvgIpc) is 3.04. The lowest BCUT2D eigenvalue weighted by Gasteiger charge is -2.25. The van der Waals surface area contributed by atoms with E-state index in [1.807, 2.05) is 29.1 Å². The van der Waals surface area contributed by atoms with E-state index in [4.69, 9.17) is 0 Å². The van der Waals surface area contributed by atoms with Crippen molar-refractivity contribution in [3.63, 3.8) is 0 Å². The summed E-state index contributed by atoms with van der Waals surface area (Å²) in [5.74, 6) is 0.642. The molecule has 1 N–H and O–H groups in total. The molecule has 0 saturated carbocycles. The third kappa shape index (κ3) is 1.47. The molecule has 4 rings (SSSR count). The highest BCUT2D eigenvalue weighted by Crippen LogP contribution is 2.30. The van der Waals surface area contributed by atoms with Crippen molar-refractivity contribution in [1.29, 1.82) is 0 Å². The molecular formula is C13H15N5. The van der Waals surface area contributed by atoms with Crippen LogP contribution in [0.25, 0.3) is 11.0 Å². The summed E-state index contributed by atoms with van der Waals surface area (Å²) in [5, 5.41) is 11.9. The van der Waals surface area contributed by atoms with Gasteiger partial charge in [-0.15, -0.1) is 5.10 Å². The van der Waals surface area contributed by atoms with Crippen LogP contribution in [0.4, 0.5) is 0 Å². The van der Waals surface area contributed by atoms with Gasteiger partial charge in [0.1, 0.15) is 11.7 Å². The number of para-hydroxylation sites is 1. The standard InChI is InChI=1S/C13H15N5/c1-2-4-12-11(3-1)16-17-18(12)10-7-9-5-6-14-13(9)15-8-10/h1-4,8-10,13-14H,5-7H2. The fraction of sp³-hybridized carbons (Fsp3) is 0.462. The van der Waals surface area contributed by atoms with E-state index in [-0.39, 0.29) is 6.04 Å². The Morgan fingerprint density at radius 2 is 2.22 bits per heavy atom. The van der Waals surface area contributed by atoms with Gasteiger partial charge in [0.05, 0.1) is 11.6 Å². The van der Waals surface area contributed by atoms with Crippen LogP contribution in [-0.4, -0.2) is 33.9 Å². The summed E-state index contributed by atoms with van der Waals surface area (Å²) >= 11 is 0. The first-order chi connectivity index (χ1) is 8.92. The molecule has 1 saturated heterocycles. The van der Waals surface area contributed by atoms with E-state index in [0.29, 0.717) is 12.1 Å². The van der Waals surface area contributed by atoms with E-state index in [2.05, 4.69) is 26.7 Å². The fourth-order valence-corrected chi connectivity index (χ4v) is 3.02. The molecule has 5 heteroatoms. The monoisotopic (exact) mass is 241 g/mol. The molecule has 0 aliphatic carbocycles. The van der Waals surface area contributed by atoms with E-state index in [1.165, 1.54) is 6.42 Å². The summed E-state index contributed by atoms with van der Waals surface area (Å²) in [6.45, 7) is 1.08. The number of aromatic nitrogens is 3. The first-order valence-corrected chi connectivity index (χ1v) is 6.48. The second-order valence-electron chi connectivity index (χ2n) is 5.07. The number of rotatable bonds is 1. The third-order valence-electron chi connectivity index (χ3n) is 3.97. The maximum atomic E-state index is 4.61. The van der Waals surface area contributed by atoms with Gasteiger partial charge in [0.25, 0.3) is 0 Å². The maximum absolute atomic E-state index is 4.61. The summed E-state index contributed by atoms with van der Waals surface area (Å²) in [4.78, 5) is 4.61. The van der Waals surface area contributed by atoms with Crippen LogP contribution in [0.1, 0.15) is 18.9 Å². The van der Waals surface area contributed by atoms with Crippen LogP contribution in [0.3, 0.4) is 0 Å². The summed E-state index contributed by atoms with van der Waals surface area (Å²) in [5.41, 5.74) is 2.05. The van der Waals surface area contributed by atoms with E-state index in [0.717, 1.165) is 24.0 Å². The Balaban J connectivity index is 1.73. The molecule has 0 radical (unpaired) electrons. The number of aliphatic imine (C=N–C) groups is 1. The lowest BCUT2D eigenvalue weighted by molar-refractivity contribution is 0.356. The Kier molecular flexibility index (Phi) is 2.20. The Morgan fingerprint density at radius 1 is 1.28 bits per heavy atom. The van der Waals surface area contributed by atoms with Gasteiger partial charge in [-0.1, -0.05) is 17.3 Å². The molecule has 0 bridgehead atoms. The second-order valence-corrected chi connectivity index (χ2v) is 5.07. The molecule has 0 spiro atoms. The quantitative estimate of drug-likeness (QED) is 0.820. The fourth-order valence-electron chi connectivity index (χ4n) is 3.02. The van der Waals surface area contributed by atoms with Gasteiger partial charge in [-0.25, -0.2) is 4.68 Å². The van der Waals surface area contributed by atoms with Crippen LogP contribution in [0.5, 0.6) is 0 Å². The first kappa shape index (κ1) is 10.2. The number of fused-ring (bicyclic) bond motifs is 2. The lowest BCUT2D eigenvalue weighted by Crippen LogP contribution is -2.31. The predicted molar refractivity (Wildman–Crippen MR) is 69.6 cm³/mol. The van der Waals surface area contributed by atoms with Gasteiger partial charge >= 0.3 is 0 Å². The molecule has 3 unspecified atom stereocenters. The zero-order chi connectivity index (χ0) is 11.9. The molecule has 1 aromatic heterocycles. The van der Waals surface area contributed by atoms with Crippen molar-refractivity contribution < 1.29 is 0 Å². The van der Waals surface area contributed by atoms with E-state index in [1.54, 1.807) is 0 Å². The topological polar surface area (TPSA) is 55.1 Å².